The van der Waals surface area contributed by atoms with Gasteiger partial charge in [0.25, 0.3) is 5.91 Å². The first kappa shape index (κ1) is 15.7. The van der Waals surface area contributed by atoms with Crippen molar-refractivity contribution in [2.24, 2.45) is 22.7 Å². The Balaban J connectivity index is 2.28. The van der Waals surface area contributed by atoms with Crippen LogP contribution < -0.4 is 11.1 Å². The summed E-state index contributed by atoms with van der Waals surface area (Å²) < 4.78 is 5.49. The molecular formula is C14H17N5O3. The van der Waals surface area contributed by atoms with Gasteiger partial charge in [0, 0.05) is 4.91 Å². The maximum atomic E-state index is 12.3. The zero-order valence-electron chi connectivity index (χ0n) is 12.3. The molecule has 2 unspecified atom stereocenters. The van der Waals surface area contributed by atoms with E-state index in [1.807, 2.05) is 6.08 Å². The second-order valence-corrected chi connectivity index (χ2v) is 5.37. The number of ether oxygens (including phenoxy) is 1. The first-order valence-corrected chi connectivity index (χ1v) is 6.86. The second kappa shape index (κ2) is 6.36. The zero-order chi connectivity index (χ0) is 16.3. The van der Waals surface area contributed by atoms with E-state index < -0.39 is 17.9 Å². The molecule has 0 aromatic rings. The summed E-state index contributed by atoms with van der Waals surface area (Å²) in [5, 5.41) is 6.14. The molecule has 0 aromatic carbocycles. The van der Waals surface area contributed by atoms with Gasteiger partial charge in [0.15, 0.2) is 0 Å². The molecule has 8 nitrogen and oxygen atoms in total. The van der Waals surface area contributed by atoms with E-state index >= 15 is 0 Å². The quantitative estimate of drug-likeness (QED) is 0.450. The highest BCUT2D eigenvalue weighted by Crippen LogP contribution is 2.33. The zero-order valence-corrected chi connectivity index (χ0v) is 12.3. The van der Waals surface area contributed by atoms with Crippen LogP contribution in [0.2, 0.25) is 0 Å². The molecule has 0 fully saturated rings. The molecule has 0 saturated heterocycles. The Hall–Kier alpha value is -2.73. The number of fused-ring (bicyclic) bond motifs is 1. The van der Waals surface area contributed by atoms with Gasteiger partial charge in [0.1, 0.15) is 12.1 Å². The lowest BCUT2D eigenvalue weighted by Crippen LogP contribution is -2.38. The number of hydrogen-bond acceptors (Lipinski definition) is 4. The maximum absolute atomic E-state index is 12.3. The van der Waals surface area contributed by atoms with Crippen molar-refractivity contribution in [3.63, 3.8) is 0 Å². The van der Waals surface area contributed by atoms with Crippen LogP contribution in [0.1, 0.15) is 13.8 Å². The fourth-order valence-corrected chi connectivity index (χ4v) is 2.39. The van der Waals surface area contributed by atoms with Crippen molar-refractivity contribution in [2.75, 3.05) is 0 Å². The van der Waals surface area contributed by atoms with Crippen molar-refractivity contribution >= 4 is 11.8 Å². The third-order valence-corrected chi connectivity index (χ3v) is 3.47. The molecule has 8 heteroatoms. The van der Waals surface area contributed by atoms with Gasteiger partial charge in [-0.1, -0.05) is 37.2 Å². The number of rotatable bonds is 5. The molecule has 0 aromatic heterocycles. The van der Waals surface area contributed by atoms with Crippen molar-refractivity contribution in [2.45, 2.75) is 26.0 Å². The van der Waals surface area contributed by atoms with Gasteiger partial charge in [-0.2, -0.15) is 0 Å². The molecule has 1 heterocycles. The van der Waals surface area contributed by atoms with Crippen LogP contribution in [-0.2, 0) is 14.3 Å². The fourth-order valence-electron chi connectivity index (χ4n) is 2.39. The highest BCUT2D eigenvalue weighted by molar-refractivity contribution is 5.93. The predicted molar refractivity (Wildman–Crippen MR) is 78.8 cm³/mol. The molecule has 0 spiro atoms. The topological polar surface area (TPSA) is 130 Å². The molecule has 3 N–H and O–H groups in total. The second-order valence-electron chi connectivity index (χ2n) is 5.37. The SMILES string of the molecule is CC(C)[C@H](N=[N+]=[N-])C(=O)NC1=C(C(N)=O)OC2C=CC=CC12. The molecular weight excluding hydrogens is 286 g/mol. The van der Waals surface area contributed by atoms with Crippen LogP contribution >= 0.6 is 0 Å². The lowest BCUT2D eigenvalue weighted by molar-refractivity contribution is -0.122. The number of carbonyl (C=O) groups is 2. The van der Waals surface area contributed by atoms with Crippen LogP contribution in [0.25, 0.3) is 10.4 Å². The fraction of sp³-hybridized carbons (Fsp3) is 0.429. The number of nitrogens with two attached hydrogens (primary N) is 1. The van der Waals surface area contributed by atoms with Gasteiger partial charge in [-0.3, -0.25) is 9.59 Å². The molecule has 2 rings (SSSR count). The van der Waals surface area contributed by atoms with Crippen LogP contribution in [0.4, 0.5) is 0 Å². The Morgan fingerprint density at radius 3 is 2.68 bits per heavy atom. The summed E-state index contributed by atoms with van der Waals surface area (Å²) in [6.45, 7) is 3.53. The van der Waals surface area contributed by atoms with Crippen molar-refractivity contribution < 1.29 is 14.3 Å². The molecule has 2 amide bonds. The van der Waals surface area contributed by atoms with Gasteiger partial charge in [-0.15, -0.1) is 0 Å². The highest BCUT2D eigenvalue weighted by atomic mass is 16.5. The normalized spacial score (nSPS) is 23.6. The standard InChI is InChI=1S/C14H17N5O3/c1-7(2)10(18-19-16)14(21)17-11-8-5-3-4-6-9(8)22-12(11)13(15)20/h3-10H,1-2H3,(H2,15,20)(H,17,21)/t8?,9?,10-/m0/s1. The summed E-state index contributed by atoms with van der Waals surface area (Å²) in [7, 11) is 0. The molecule has 0 radical (unpaired) electrons. The number of allylic oxidation sites excluding steroid dienone is 2. The number of carbonyl (C=O) groups excluding carboxylic acids is 2. The van der Waals surface area contributed by atoms with Gasteiger partial charge in [-0.25, -0.2) is 0 Å². The van der Waals surface area contributed by atoms with E-state index in [1.165, 1.54) is 0 Å². The number of nitrogens with zero attached hydrogens (tertiary/aromatic N) is 3. The lowest BCUT2D eigenvalue weighted by atomic mass is 9.95. The molecule has 22 heavy (non-hydrogen) atoms. The monoisotopic (exact) mass is 303 g/mol. The Morgan fingerprint density at radius 2 is 2.09 bits per heavy atom. The Labute approximate surface area is 127 Å². The summed E-state index contributed by atoms with van der Waals surface area (Å²) >= 11 is 0. The van der Waals surface area contributed by atoms with E-state index in [0.717, 1.165) is 0 Å². The van der Waals surface area contributed by atoms with E-state index in [0.29, 0.717) is 5.70 Å². The van der Waals surface area contributed by atoms with Gasteiger partial charge in [-0.05, 0) is 17.5 Å². The van der Waals surface area contributed by atoms with E-state index in [1.54, 1.807) is 32.1 Å². The number of amides is 2. The van der Waals surface area contributed by atoms with Crippen molar-refractivity contribution in [3.05, 3.63) is 46.2 Å². The number of hydrogen-bond donors (Lipinski definition) is 2. The Morgan fingerprint density at radius 1 is 1.41 bits per heavy atom. The molecule has 0 bridgehead atoms. The molecule has 0 saturated carbocycles. The van der Waals surface area contributed by atoms with Crippen LogP contribution in [0, 0.1) is 11.8 Å². The van der Waals surface area contributed by atoms with Crippen molar-refractivity contribution in [1.29, 1.82) is 0 Å². The van der Waals surface area contributed by atoms with Crippen molar-refractivity contribution in [3.8, 4) is 0 Å². The van der Waals surface area contributed by atoms with E-state index in [4.69, 9.17) is 16.0 Å². The summed E-state index contributed by atoms with van der Waals surface area (Å²) in [6.07, 6.45) is 6.81. The van der Waals surface area contributed by atoms with Gasteiger partial charge >= 0.3 is 0 Å². The molecule has 3 atom stereocenters. The molecule has 116 valence electrons. The minimum absolute atomic E-state index is 0.0667. The molecule has 2 aliphatic rings. The number of azide groups is 1. The average Bonchev–Trinajstić information content (AvgIpc) is 2.83. The summed E-state index contributed by atoms with van der Waals surface area (Å²) in [5.74, 6) is -1.79. The number of nitrogens with one attached hydrogen (secondary N) is 1. The predicted octanol–water partition coefficient (Wildman–Crippen LogP) is 1.28. The minimum atomic E-state index is -0.881. The van der Waals surface area contributed by atoms with Crippen LogP contribution in [0.3, 0.4) is 0 Å². The minimum Gasteiger partial charge on any atom is -0.478 e. The van der Waals surface area contributed by atoms with E-state index in [9.17, 15) is 9.59 Å². The largest absolute Gasteiger partial charge is 0.478 e. The van der Waals surface area contributed by atoms with Crippen LogP contribution in [0.15, 0.2) is 40.9 Å². The van der Waals surface area contributed by atoms with Gasteiger partial charge < -0.3 is 15.8 Å². The van der Waals surface area contributed by atoms with Gasteiger partial charge in [0.2, 0.25) is 11.7 Å². The summed E-state index contributed by atoms with van der Waals surface area (Å²) in [5.41, 5.74) is 14.2. The number of primary amides is 1. The van der Waals surface area contributed by atoms with Gasteiger partial charge in [0.05, 0.1) is 11.6 Å². The van der Waals surface area contributed by atoms with Crippen molar-refractivity contribution in [1.82, 2.24) is 5.32 Å². The summed E-state index contributed by atoms with van der Waals surface area (Å²) in [4.78, 5) is 26.5. The average molecular weight is 303 g/mol. The first-order chi connectivity index (χ1) is 10.5. The third kappa shape index (κ3) is 2.96. The molecule has 1 aliphatic heterocycles. The first-order valence-electron chi connectivity index (χ1n) is 6.86. The Bertz CT molecular complexity index is 628. The van der Waals surface area contributed by atoms with Crippen LogP contribution in [0.5, 0.6) is 0 Å². The highest BCUT2D eigenvalue weighted by Gasteiger charge is 2.38. The lowest BCUT2D eigenvalue weighted by Gasteiger charge is -2.19. The molecule has 1 aliphatic carbocycles. The van der Waals surface area contributed by atoms with E-state index in [-0.39, 0.29) is 23.7 Å². The summed E-state index contributed by atoms with van der Waals surface area (Å²) in [6, 6.07) is -0.881. The van der Waals surface area contributed by atoms with E-state index in [2.05, 4.69) is 15.3 Å². The Kier molecular flexibility index (Phi) is 4.53. The third-order valence-electron chi connectivity index (χ3n) is 3.47. The smallest absolute Gasteiger partial charge is 0.285 e. The maximum Gasteiger partial charge on any atom is 0.285 e. The van der Waals surface area contributed by atoms with Crippen LogP contribution in [-0.4, -0.2) is 24.0 Å².